The standard InChI is InChI=1S/C20H21NO3/c1-13(15-8-6-5-7-9-15)21-17-12-16(14(2)22)10-11-18(17)24-20(3,4)19(21)23/h5-13H,1-4H3. The molecule has 1 aliphatic rings. The summed E-state index contributed by atoms with van der Waals surface area (Å²) in [4.78, 5) is 26.5. The monoisotopic (exact) mass is 323 g/mol. The fourth-order valence-corrected chi connectivity index (χ4v) is 2.99. The minimum atomic E-state index is -0.951. The van der Waals surface area contributed by atoms with E-state index in [1.807, 2.05) is 37.3 Å². The number of nitrogens with zero attached hydrogens (tertiary/aromatic N) is 1. The van der Waals surface area contributed by atoms with Crippen molar-refractivity contribution in [3.63, 3.8) is 0 Å². The van der Waals surface area contributed by atoms with Crippen LogP contribution in [0, 0.1) is 0 Å². The summed E-state index contributed by atoms with van der Waals surface area (Å²) in [5, 5.41) is 0. The summed E-state index contributed by atoms with van der Waals surface area (Å²) in [6.07, 6.45) is 0. The van der Waals surface area contributed by atoms with Crippen LogP contribution in [0.4, 0.5) is 5.69 Å². The Balaban J connectivity index is 2.15. The maximum atomic E-state index is 13.0. The lowest BCUT2D eigenvalue weighted by atomic mass is 9.97. The van der Waals surface area contributed by atoms with Crippen LogP contribution in [0.15, 0.2) is 48.5 Å². The van der Waals surface area contributed by atoms with Gasteiger partial charge in [0.25, 0.3) is 5.91 Å². The van der Waals surface area contributed by atoms with Crippen LogP contribution in [0.2, 0.25) is 0 Å². The molecule has 0 spiro atoms. The number of carbonyl (C=O) groups excluding carboxylic acids is 2. The van der Waals surface area contributed by atoms with Crippen LogP contribution in [-0.2, 0) is 4.79 Å². The number of benzene rings is 2. The van der Waals surface area contributed by atoms with Crippen LogP contribution in [0.5, 0.6) is 5.75 Å². The lowest BCUT2D eigenvalue weighted by Gasteiger charge is -2.42. The number of rotatable bonds is 3. The van der Waals surface area contributed by atoms with Crippen LogP contribution in [-0.4, -0.2) is 17.3 Å². The summed E-state index contributed by atoms with van der Waals surface area (Å²) < 4.78 is 5.88. The molecule has 2 aromatic carbocycles. The Morgan fingerprint density at radius 3 is 2.42 bits per heavy atom. The van der Waals surface area contributed by atoms with Crippen LogP contribution in [0.25, 0.3) is 0 Å². The van der Waals surface area contributed by atoms with Crippen molar-refractivity contribution >= 4 is 17.4 Å². The average Bonchev–Trinajstić information content (AvgIpc) is 2.55. The third kappa shape index (κ3) is 2.68. The predicted octanol–water partition coefficient (Wildman–Crippen LogP) is 4.15. The molecule has 1 amide bonds. The summed E-state index contributed by atoms with van der Waals surface area (Å²) in [5.74, 6) is 0.460. The number of fused-ring (bicyclic) bond motifs is 1. The first-order valence-electron chi connectivity index (χ1n) is 8.04. The van der Waals surface area contributed by atoms with E-state index in [1.54, 1.807) is 36.9 Å². The molecule has 0 saturated heterocycles. The molecule has 0 saturated carbocycles. The van der Waals surface area contributed by atoms with E-state index < -0.39 is 5.60 Å². The molecular formula is C20H21NO3. The van der Waals surface area contributed by atoms with Crippen LogP contribution in [0.1, 0.15) is 49.7 Å². The Bertz CT molecular complexity index is 796. The van der Waals surface area contributed by atoms with Gasteiger partial charge in [-0.05, 0) is 51.5 Å². The van der Waals surface area contributed by atoms with Gasteiger partial charge in [-0.1, -0.05) is 30.3 Å². The molecule has 0 radical (unpaired) electrons. The minimum Gasteiger partial charge on any atom is -0.476 e. The van der Waals surface area contributed by atoms with E-state index in [1.165, 1.54) is 6.92 Å². The number of Topliss-reactive ketones (excluding diaryl/α,β-unsaturated/α-hetero) is 1. The maximum Gasteiger partial charge on any atom is 0.271 e. The van der Waals surface area contributed by atoms with Crippen molar-refractivity contribution in [2.24, 2.45) is 0 Å². The molecule has 0 fully saturated rings. The highest BCUT2D eigenvalue weighted by Crippen LogP contribution is 2.42. The van der Waals surface area contributed by atoms with E-state index >= 15 is 0 Å². The second kappa shape index (κ2) is 5.78. The Morgan fingerprint density at radius 2 is 1.79 bits per heavy atom. The molecule has 0 bridgehead atoms. The molecule has 1 unspecified atom stereocenters. The molecule has 24 heavy (non-hydrogen) atoms. The molecule has 1 atom stereocenters. The number of ketones is 1. The minimum absolute atomic E-state index is 0.0394. The Morgan fingerprint density at radius 1 is 1.12 bits per heavy atom. The van der Waals surface area contributed by atoms with Crippen molar-refractivity contribution < 1.29 is 14.3 Å². The van der Waals surface area contributed by atoms with Gasteiger partial charge in [0, 0.05) is 5.56 Å². The van der Waals surface area contributed by atoms with E-state index in [0.717, 1.165) is 5.56 Å². The van der Waals surface area contributed by atoms with Crippen LogP contribution in [0.3, 0.4) is 0 Å². The zero-order valence-corrected chi connectivity index (χ0v) is 14.4. The SMILES string of the molecule is CC(=O)c1ccc2c(c1)N(C(C)c1ccccc1)C(=O)C(C)(C)O2. The third-order valence-electron chi connectivity index (χ3n) is 4.39. The number of carbonyl (C=O) groups is 2. The lowest BCUT2D eigenvalue weighted by molar-refractivity contribution is -0.133. The first-order chi connectivity index (χ1) is 11.3. The molecule has 4 nitrogen and oxygen atoms in total. The smallest absolute Gasteiger partial charge is 0.271 e. The Hall–Kier alpha value is -2.62. The van der Waals surface area contributed by atoms with E-state index in [0.29, 0.717) is 17.0 Å². The Kier molecular flexibility index (Phi) is 3.91. The summed E-state index contributed by atoms with van der Waals surface area (Å²) >= 11 is 0. The van der Waals surface area contributed by atoms with E-state index in [2.05, 4.69) is 0 Å². The van der Waals surface area contributed by atoms with Gasteiger partial charge in [-0.25, -0.2) is 0 Å². The van der Waals surface area contributed by atoms with E-state index in [-0.39, 0.29) is 17.7 Å². The molecular weight excluding hydrogens is 302 g/mol. The van der Waals surface area contributed by atoms with Crippen molar-refractivity contribution in [2.75, 3.05) is 4.90 Å². The Labute approximate surface area is 142 Å². The summed E-state index contributed by atoms with van der Waals surface area (Å²) in [6, 6.07) is 14.9. The molecule has 1 aliphatic heterocycles. The second-order valence-corrected chi connectivity index (χ2v) is 6.61. The summed E-state index contributed by atoms with van der Waals surface area (Å²) in [7, 11) is 0. The number of hydrogen-bond acceptors (Lipinski definition) is 3. The van der Waals surface area contributed by atoms with E-state index in [9.17, 15) is 9.59 Å². The van der Waals surface area contributed by atoms with Gasteiger partial charge < -0.3 is 4.74 Å². The molecule has 4 heteroatoms. The van der Waals surface area contributed by atoms with Gasteiger partial charge in [0.15, 0.2) is 11.4 Å². The highest BCUT2D eigenvalue weighted by atomic mass is 16.5. The topological polar surface area (TPSA) is 46.6 Å². The normalized spacial score (nSPS) is 17.0. The molecule has 0 aliphatic carbocycles. The van der Waals surface area contributed by atoms with Gasteiger partial charge in [0.2, 0.25) is 0 Å². The lowest BCUT2D eigenvalue weighted by Crippen LogP contribution is -2.53. The zero-order valence-electron chi connectivity index (χ0n) is 14.4. The van der Waals surface area contributed by atoms with Gasteiger partial charge in [-0.2, -0.15) is 0 Å². The number of anilines is 1. The van der Waals surface area contributed by atoms with Crippen molar-refractivity contribution in [1.29, 1.82) is 0 Å². The third-order valence-corrected chi connectivity index (χ3v) is 4.39. The fraction of sp³-hybridized carbons (Fsp3) is 0.300. The fourth-order valence-electron chi connectivity index (χ4n) is 2.99. The summed E-state index contributed by atoms with van der Waals surface area (Å²) in [6.45, 7) is 7.03. The quantitative estimate of drug-likeness (QED) is 0.797. The van der Waals surface area contributed by atoms with Gasteiger partial charge in [0.1, 0.15) is 5.75 Å². The summed E-state index contributed by atoms with van der Waals surface area (Å²) in [5.41, 5.74) is 1.29. The predicted molar refractivity (Wildman–Crippen MR) is 93.5 cm³/mol. The van der Waals surface area contributed by atoms with Crippen molar-refractivity contribution in [3.8, 4) is 5.75 Å². The van der Waals surface area contributed by atoms with Crippen LogP contribution >= 0.6 is 0 Å². The van der Waals surface area contributed by atoms with Gasteiger partial charge in [-0.15, -0.1) is 0 Å². The first-order valence-corrected chi connectivity index (χ1v) is 8.04. The molecule has 1 heterocycles. The number of ether oxygens (including phenoxy) is 1. The van der Waals surface area contributed by atoms with Crippen LogP contribution < -0.4 is 9.64 Å². The maximum absolute atomic E-state index is 13.0. The first kappa shape index (κ1) is 16.2. The highest BCUT2D eigenvalue weighted by molar-refractivity contribution is 6.04. The number of hydrogen-bond donors (Lipinski definition) is 0. The molecule has 124 valence electrons. The molecule has 3 rings (SSSR count). The highest BCUT2D eigenvalue weighted by Gasteiger charge is 2.43. The average molecular weight is 323 g/mol. The van der Waals surface area contributed by atoms with Crippen molar-refractivity contribution in [3.05, 3.63) is 59.7 Å². The number of amides is 1. The van der Waals surface area contributed by atoms with Crippen molar-refractivity contribution in [2.45, 2.75) is 39.3 Å². The molecule has 0 aromatic heterocycles. The molecule has 2 aromatic rings. The van der Waals surface area contributed by atoms with Gasteiger partial charge in [-0.3, -0.25) is 14.5 Å². The zero-order chi connectivity index (χ0) is 17.5. The van der Waals surface area contributed by atoms with E-state index in [4.69, 9.17) is 4.74 Å². The van der Waals surface area contributed by atoms with Gasteiger partial charge >= 0.3 is 0 Å². The molecule has 0 N–H and O–H groups in total. The second-order valence-electron chi connectivity index (χ2n) is 6.61. The largest absolute Gasteiger partial charge is 0.476 e. The van der Waals surface area contributed by atoms with Crippen molar-refractivity contribution in [1.82, 2.24) is 0 Å². The van der Waals surface area contributed by atoms with Gasteiger partial charge in [0.05, 0.1) is 11.7 Å².